The van der Waals surface area contributed by atoms with E-state index in [-0.39, 0.29) is 19.1 Å². The second-order valence-electron chi connectivity index (χ2n) is 8.55. The van der Waals surface area contributed by atoms with E-state index in [4.69, 9.17) is 9.47 Å². The van der Waals surface area contributed by atoms with Crippen LogP contribution in [0.5, 0.6) is 0 Å². The Morgan fingerprint density at radius 3 is 2.06 bits per heavy atom. The van der Waals surface area contributed by atoms with Gasteiger partial charge in [-0.15, -0.1) is 0 Å². The van der Waals surface area contributed by atoms with Crippen LogP contribution in [0.4, 0.5) is 0 Å². The van der Waals surface area contributed by atoms with E-state index in [0.717, 1.165) is 30.4 Å². The molecule has 1 aliphatic rings. The van der Waals surface area contributed by atoms with E-state index < -0.39 is 23.5 Å². The molecule has 1 saturated carbocycles. The number of aliphatic hydroxyl groups excluding tert-OH is 1. The van der Waals surface area contributed by atoms with E-state index in [1.165, 1.54) is 0 Å². The summed E-state index contributed by atoms with van der Waals surface area (Å²) in [7, 11) is 0. The van der Waals surface area contributed by atoms with Gasteiger partial charge in [-0.05, 0) is 30.9 Å². The van der Waals surface area contributed by atoms with Crippen LogP contribution in [0.2, 0.25) is 0 Å². The first kappa shape index (κ1) is 24.0. The highest BCUT2D eigenvalue weighted by atomic mass is 16.5. The van der Waals surface area contributed by atoms with Gasteiger partial charge in [-0.25, -0.2) is 4.79 Å². The van der Waals surface area contributed by atoms with Gasteiger partial charge in [0.15, 0.2) is 6.04 Å². The summed E-state index contributed by atoms with van der Waals surface area (Å²) in [6.45, 7) is 1.95. The Balaban J connectivity index is 1.69. The molecule has 0 spiro atoms. The third-order valence-corrected chi connectivity index (χ3v) is 6.18. The lowest BCUT2D eigenvalue weighted by Gasteiger charge is -2.36. The summed E-state index contributed by atoms with van der Waals surface area (Å²) in [6, 6.07) is 18.1. The summed E-state index contributed by atoms with van der Waals surface area (Å²) in [4.78, 5) is 26.2. The van der Waals surface area contributed by atoms with Crippen LogP contribution < -0.4 is 5.32 Å². The van der Waals surface area contributed by atoms with Gasteiger partial charge >= 0.3 is 5.97 Å². The molecule has 1 aliphatic carbocycles. The number of amides is 1. The van der Waals surface area contributed by atoms with Crippen LogP contribution in [-0.4, -0.2) is 35.7 Å². The van der Waals surface area contributed by atoms with Crippen LogP contribution in [0.25, 0.3) is 0 Å². The lowest BCUT2D eigenvalue weighted by Crippen LogP contribution is -2.55. The van der Waals surface area contributed by atoms with Crippen molar-refractivity contribution in [3.63, 3.8) is 0 Å². The maximum atomic E-state index is 13.2. The van der Waals surface area contributed by atoms with Crippen molar-refractivity contribution >= 4 is 11.9 Å². The molecule has 0 aromatic heterocycles. The summed E-state index contributed by atoms with van der Waals surface area (Å²) in [5.74, 6) is -0.858. The molecule has 172 valence electrons. The van der Waals surface area contributed by atoms with Gasteiger partial charge in [-0.1, -0.05) is 79.9 Å². The second kappa shape index (κ2) is 11.8. The zero-order valence-corrected chi connectivity index (χ0v) is 18.7. The molecule has 6 nitrogen and oxygen atoms in total. The van der Waals surface area contributed by atoms with Gasteiger partial charge in [0.05, 0.1) is 24.7 Å². The zero-order chi connectivity index (χ0) is 22.8. The molecular weight excluding hydrogens is 406 g/mol. The molecule has 3 rings (SSSR count). The van der Waals surface area contributed by atoms with Crippen LogP contribution in [0, 0.1) is 5.41 Å². The van der Waals surface area contributed by atoms with Crippen molar-refractivity contribution in [2.75, 3.05) is 6.61 Å². The topological polar surface area (TPSA) is 84.9 Å². The van der Waals surface area contributed by atoms with E-state index in [9.17, 15) is 14.7 Å². The van der Waals surface area contributed by atoms with E-state index in [1.54, 1.807) is 6.92 Å². The number of carbonyl (C=O) groups excluding carboxylic acids is 2. The van der Waals surface area contributed by atoms with Gasteiger partial charge in [0.1, 0.15) is 6.61 Å². The Bertz CT molecular complexity index is 849. The molecule has 0 heterocycles. The summed E-state index contributed by atoms with van der Waals surface area (Å²) in [6.07, 6.45) is 3.44. The molecule has 1 amide bonds. The number of ether oxygens (including phenoxy) is 2. The van der Waals surface area contributed by atoms with Crippen molar-refractivity contribution in [2.45, 2.75) is 64.4 Å². The maximum absolute atomic E-state index is 13.2. The molecule has 2 atom stereocenters. The molecule has 2 aromatic carbocycles. The first-order valence-electron chi connectivity index (χ1n) is 11.3. The summed E-state index contributed by atoms with van der Waals surface area (Å²) in [5.41, 5.74) is 0.985. The van der Waals surface area contributed by atoms with E-state index >= 15 is 0 Å². The van der Waals surface area contributed by atoms with E-state index in [0.29, 0.717) is 19.4 Å². The second-order valence-corrected chi connectivity index (χ2v) is 8.55. The molecule has 0 radical (unpaired) electrons. The van der Waals surface area contributed by atoms with Gasteiger partial charge in [0.25, 0.3) is 0 Å². The summed E-state index contributed by atoms with van der Waals surface area (Å²) in [5, 5.41) is 12.8. The molecular formula is C26H33NO5. The number of benzene rings is 2. The average Bonchev–Trinajstić information content (AvgIpc) is 2.85. The highest BCUT2D eigenvalue weighted by molar-refractivity contribution is 5.88. The van der Waals surface area contributed by atoms with Gasteiger partial charge < -0.3 is 19.9 Å². The number of carbonyl (C=O) groups is 2. The third kappa shape index (κ3) is 6.40. The van der Waals surface area contributed by atoms with E-state index in [2.05, 4.69) is 5.32 Å². The lowest BCUT2D eigenvalue weighted by atomic mass is 9.74. The van der Waals surface area contributed by atoms with Crippen LogP contribution >= 0.6 is 0 Å². The molecule has 2 aromatic rings. The van der Waals surface area contributed by atoms with Crippen LogP contribution in [-0.2, 0) is 32.3 Å². The van der Waals surface area contributed by atoms with Crippen molar-refractivity contribution in [1.29, 1.82) is 0 Å². The number of aliphatic hydroxyl groups is 1. The minimum absolute atomic E-state index is 0.114. The Morgan fingerprint density at radius 2 is 1.50 bits per heavy atom. The highest BCUT2D eigenvalue weighted by Gasteiger charge is 2.42. The summed E-state index contributed by atoms with van der Waals surface area (Å²) >= 11 is 0. The molecule has 2 N–H and O–H groups in total. The van der Waals surface area contributed by atoms with Crippen LogP contribution in [0.3, 0.4) is 0 Å². The monoisotopic (exact) mass is 439 g/mol. The Morgan fingerprint density at radius 1 is 0.938 bits per heavy atom. The molecule has 32 heavy (non-hydrogen) atoms. The van der Waals surface area contributed by atoms with Crippen molar-refractivity contribution < 1.29 is 24.2 Å². The van der Waals surface area contributed by atoms with Gasteiger partial charge in [-0.3, -0.25) is 4.79 Å². The smallest absolute Gasteiger partial charge is 0.331 e. The zero-order valence-electron chi connectivity index (χ0n) is 18.7. The van der Waals surface area contributed by atoms with E-state index in [1.807, 2.05) is 60.7 Å². The fourth-order valence-electron chi connectivity index (χ4n) is 4.06. The molecule has 1 fully saturated rings. The average molecular weight is 440 g/mol. The highest BCUT2D eigenvalue weighted by Crippen LogP contribution is 2.36. The fraction of sp³-hybridized carbons (Fsp3) is 0.462. The number of hydrogen-bond acceptors (Lipinski definition) is 5. The standard InChI is InChI=1S/C26H33NO5/c1-20(31-17-21-11-5-2-6-12-21)23(24(29)32-18-22-13-7-3-8-14-22)27-25(30)26(19-28)15-9-4-10-16-26/h2-3,5-8,11-14,20,23,28H,4,9-10,15-19H2,1H3,(H,27,30)/t20?,23-/m0/s1. The Hall–Kier alpha value is -2.70. The first-order chi connectivity index (χ1) is 15.5. The predicted molar refractivity (Wildman–Crippen MR) is 121 cm³/mol. The molecule has 1 unspecified atom stereocenters. The minimum atomic E-state index is -0.972. The van der Waals surface area contributed by atoms with Crippen molar-refractivity contribution in [3.8, 4) is 0 Å². The summed E-state index contributed by atoms with van der Waals surface area (Å²) < 4.78 is 11.5. The number of esters is 1. The van der Waals surface area contributed by atoms with Gasteiger partial charge in [0.2, 0.25) is 5.91 Å². The third-order valence-electron chi connectivity index (χ3n) is 6.18. The Kier molecular flexibility index (Phi) is 8.82. The van der Waals surface area contributed by atoms with Gasteiger partial charge in [-0.2, -0.15) is 0 Å². The number of rotatable bonds is 10. The first-order valence-corrected chi connectivity index (χ1v) is 11.3. The normalized spacial score (nSPS) is 17.2. The number of nitrogens with one attached hydrogen (secondary N) is 1. The van der Waals surface area contributed by atoms with Crippen LogP contribution in [0.15, 0.2) is 60.7 Å². The van der Waals surface area contributed by atoms with Crippen molar-refractivity contribution in [3.05, 3.63) is 71.8 Å². The predicted octanol–water partition coefficient (Wildman–Crippen LogP) is 3.76. The minimum Gasteiger partial charge on any atom is -0.459 e. The van der Waals surface area contributed by atoms with Crippen molar-refractivity contribution in [1.82, 2.24) is 5.32 Å². The molecule has 0 aliphatic heterocycles. The van der Waals surface area contributed by atoms with Crippen LogP contribution in [0.1, 0.15) is 50.2 Å². The lowest BCUT2D eigenvalue weighted by molar-refractivity contribution is -0.156. The number of hydrogen-bond donors (Lipinski definition) is 2. The van der Waals surface area contributed by atoms with Gasteiger partial charge in [0, 0.05) is 0 Å². The van der Waals surface area contributed by atoms with Crippen molar-refractivity contribution in [2.24, 2.45) is 5.41 Å². The Labute approximate surface area is 189 Å². The fourth-order valence-corrected chi connectivity index (χ4v) is 4.06. The molecule has 0 bridgehead atoms. The molecule has 6 heteroatoms. The largest absolute Gasteiger partial charge is 0.459 e. The SMILES string of the molecule is CC(OCc1ccccc1)[C@H](NC(=O)C1(CO)CCCCC1)C(=O)OCc1ccccc1. The maximum Gasteiger partial charge on any atom is 0.331 e. The quantitative estimate of drug-likeness (QED) is 0.551. The molecule has 0 saturated heterocycles.